The predicted molar refractivity (Wildman–Crippen MR) is 104 cm³/mol. The largest absolute Gasteiger partial charge is 0.465 e. The van der Waals surface area contributed by atoms with E-state index in [0.717, 1.165) is 30.8 Å². The first-order chi connectivity index (χ1) is 12.1. The minimum atomic E-state index is -0.347. The molecular weight excluding hydrogens is 336 g/mol. The first-order valence-corrected chi connectivity index (χ1v) is 9.37. The first kappa shape index (κ1) is 19.7. The van der Waals surface area contributed by atoms with Crippen LogP contribution >= 0.6 is 12.2 Å². The molecule has 6 heteroatoms. The number of thiocarbonyl (C=S) groups is 1. The number of esters is 1. The fourth-order valence-electron chi connectivity index (χ4n) is 3.02. The van der Waals surface area contributed by atoms with Gasteiger partial charge in [0, 0.05) is 18.8 Å². The molecule has 0 aliphatic heterocycles. The van der Waals surface area contributed by atoms with Gasteiger partial charge in [-0.2, -0.15) is 0 Å². The van der Waals surface area contributed by atoms with Gasteiger partial charge in [-0.25, -0.2) is 4.79 Å². The summed E-state index contributed by atoms with van der Waals surface area (Å²) in [5.74, 6) is -0.347. The predicted octanol–water partition coefficient (Wildman–Crippen LogP) is 3.81. The molecule has 1 aliphatic carbocycles. The van der Waals surface area contributed by atoms with E-state index in [0.29, 0.717) is 16.8 Å². The molecule has 0 atom stereocenters. The number of benzene rings is 1. The molecule has 0 amide bonds. The lowest BCUT2D eigenvalue weighted by Crippen LogP contribution is -2.30. The van der Waals surface area contributed by atoms with Crippen LogP contribution in [0.15, 0.2) is 18.2 Å². The SMILES string of the molecule is COC(=O)c1cccc(NC(=S)NCCCOC2CCCCC2)c1C. The number of rotatable bonds is 7. The molecule has 1 saturated carbocycles. The Morgan fingerprint density at radius 3 is 2.76 bits per heavy atom. The van der Waals surface area contributed by atoms with Gasteiger partial charge in [-0.15, -0.1) is 0 Å². The summed E-state index contributed by atoms with van der Waals surface area (Å²) < 4.78 is 10.7. The summed E-state index contributed by atoms with van der Waals surface area (Å²) in [7, 11) is 1.38. The third-order valence-electron chi connectivity index (χ3n) is 4.50. The van der Waals surface area contributed by atoms with Crippen LogP contribution in [0.4, 0.5) is 5.69 Å². The Morgan fingerprint density at radius 2 is 2.04 bits per heavy atom. The Bertz CT molecular complexity index is 586. The quantitative estimate of drug-likeness (QED) is 0.436. The molecule has 0 radical (unpaired) electrons. The van der Waals surface area contributed by atoms with Crippen LogP contribution in [-0.4, -0.2) is 37.4 Å². The third-order valence-corrected chi connectivity index (χ3v) is 4.75. The summed E-state index contributed by atoms with van der Waals surface area (Å²) in [6, 6.07) is 5.44. The molecule has 0 unspecified atom stereocenters. The van der Waals surface area contributed by atoms with E-state index < -0.39 is 0 Å². The van der Waals surface area contributed by atoms with Gasteiger partial charge in [0.15, 0.2) is 5.11 Å². The molecular formula is C19H28N2O3S. The monoisotopic (exact) mass is 364 g/mol. The number of methoxy groups -OCH3 is 1. The van der Waals surface area contributed by atoms with Crippen LogP contribution in [0.1, 0.15) is 54.4 Å². The van der Waals surface area contributed by atoms with Gasteiger partial charge in [-0.3, -0.25) is 0 Å². The second-order valence-electron chi connectivity index (χ2n) is 6.33. The minimum Gasteiger partial charge on any atom is -0.465 e. The number of nitrogens with one attached hydrogen (secondary N) is 2. The summed E-state index contributed by atoms with van der Waals surface area (Å²) in [4.78, 5) is 11.7. The van der Waals surface area contributed by atoms with Gasteiger partial charge in [-0.05, 0) is 56.1 Å². The molecule has 25 heavy (non-hydrogen) atoms. The fourth-order valence-corrected chi connectivity index (χ4v) is 3.24. The molecule has 1 aromatic carbocycles. The molecule has 1 aliphatic rings. The van der Waals surface area contributed by atoms with Crippen molar-refractivity contribution in [1.29, 1.82) is 0 Å². The number of hydrogen-bond acceptors (Lipinski definition) is 4. The van der Waals surface area contributed by atoms with Crippen molar-refractivity contribution in [3.05, 3.63) is 29.3 Å². The van der Waals surface area contributed by atoms with Gasteiger partial charge in [0.05, 0.1) is 18.8 Å². The third kappa shape index (κ3) is 6.29. The van der Waals surface area contributed by atoms with Gasteiger partial charge in [0.2, 0.25) is 0 Å². The van der Waals surface area contributed by atoms with Crippen LogP contribution in [0.5, 0.6) is 0 Å². The molecule has 0 bridgehead atoms. The van der Waals surface area contributed by atoms with E-state index in [4.69, 9.17) is 21.7 Å². The van der Waals surface area contributed by atoms with E-state index in [9.17, 15) is 4.79 Å². The van der Waals surface area contributed by atoms with Gasteiger partial charge >= 0.3 is 5.97 Å². The smallest absolute Gasteiger partial charge is 0.338 e. The molecule has 1 aromatic rings. The molecule has 0 saturated heterocycles. The zero-order valence-corrected chi connectivity index (χ0v) is 15.9. The lowest BCUT2D eigenvalue weighted by atomic mass is 9.98. The number of hydrogen-bond donors (Lipinski definition) is 2. The van der Waals surface area contributed by atoms with Crippen molar-refractivity contribution in [3.63, 3.8) is 0 Å². The standard InChI is InChI=1S/C19H28N2O3S/c1-14-16(18(22)23-2)10-6-11-17(14)21-19(25)20-12-7-13-24-15-8-4-3-5-9-15/h6,10-11,15H,3-5,7-9,12-13H2,1-2H3,(H2,20,21,25). The molecule has 5 nitrogen and oxygen atoms in total. The molecule has 2 N–H and O–H groups in total. The van der Waals surface area contributed by atoms with Crippen LogP contribution in [-0.2, 0) is 9.47 Å². The van der Waals surface area contributed by atoms with Crippen LogP contribution in [0.3, 0.4) is 0 Å². The average molecular weight is 365 g/mol. The molecule has 0 heterocycles. The van der Waals surface area contributed by atoms with Gasteiger partial charge in [0.25, 0.3) is 0 Å². The lowest BCUT2D eigenvalue weighted by Gasteiger charge is -2.22. The fraction of sp³-hybridized carbons (Fsp3) is 0.579. The normalized spacial score (nSPS) is 14.8. The van der Waals surface area contributed by atoms with Crippen LogP contribution < -0.4 is 10.6 Å². The van der Waals surface area contributed by atoms with Crippen molar-refractivity contribution in [2.75, 3.05) is 25.6 Å². The number of anilines is 1. The van der Waals surface area contributed by atoms with E-state index in [1.54, 1.807) is 6.07 Å². The van der Waals surface area contributed by atoms with Gasteiger partial charge < -0.3 is 20.1 Å². The highest BCUT2D eigenvalue weighted by molar-refractivity contribution is 7.80. The van der Waals surface area contributed by atoms with Crippen molar-refractivity contribution >= 4 is 29.0 Å². The number of ether oxygens (including phenoxy) is 2. The minimum absolute atomic E-state index is 0.347. The summed E-state index contributed by atoms with van der Waals surface area (Å²) in [6.07, 6.45) is 7.69. The molecule has 2 rings (SSSR count). The Labute approximate surface area is 155 Å². The Hall–Kier alpha value is -1.66. The van der Waals surface area contributed by atoms with E-state index in [2.05, 4.69) is 10.6 Å². The lowest BCUT2D eigenvalue weighted by molar-refractivity contribution is 0.0277. The maximum atomic E-state index is 11.7. The van der Waals surface area contributed by atoms with Crippen LogP contribution in [0.25, 0.3) is 0 Å². The Balaban J connectivity index is 1.70. The van der Waals surface area contributed by atoms with Crippen LogP contribution in [0.2, 0.25) is 0 Å². The van der Waals surface area contributed by atoms with Crippen molar-refractivity contribution in [2.45, 2.75) is 51.6 Å². The molecule has 0 spiro atoms. The van der Waals surface area contributed by atoms with Gasteiger partial charge in [-0.1, -0.05) is 25.3 Å². The number of carbonyl (C=O) groups is 1. The molecule has 0 aromatic heterocycles. The number of carbonyl (C=O) groups excluding carboxylic acids is 1. The van der Waals surface area contributed by atoms with E-state index in [1.807, 2.05) is 19.1 Å². The zero-order chi connectivity index (χ0) is 18.1. The summed E-state index contributed by atoms with van der Waals surface area (Å²) in [6.45, 7) is 3.39. The first-order valence-electron chi connectivity index (χ1n) is 8.96. The topological polar surface area (TPSA) is 59.6 Å². The Kier molecular flexibility index (Phi) is 8.15. The second-order valence-corrected chi connectivity index (χ2v) is 6.74. The Morgan fingerprint density at radius 1 is 1.28 bits per heavy atom. The van der Waals surface area contributed by atoms with Crippen molar-refractivity contribution in [2.24, 2.45) is 0 Å². The highest BCUT2D eigenvalue weighted by Gasteiger charge is 2.14. The zero-order valence-electron chi connectivity index (χ0n) is 15.1. The van der Waals surface area contributed by atoms with Gasteiger partial charge in [0.1, 0.15) is 0 Å². The van der Waals surface area contributed by atoms with Crippen LogP contribution in [0, 0.1) is 6.92 Å². The highest BCUT2D eigenvalue weighted by Crippen LogP contribution is 2.20. The summed E-state index contributed by atoms with van der Waals surface area (Å²) in [5, 5.41) is 6.87. The van der Waals surface area contributed by atoms with E-state index in [-0.39, 0.29) is 5.97 Å². The maximum absolute atomic E-state index is 11.7. The maximum Gasteiger partial charge on any atom is 0.338 e. The summed E-state index contributed by atoms with van der Waals surface area (Å²) in [5.41, 5.74) is 2.16. The van der Waals surface area contributed by atoms with Crippen molar-refractivity contribution < 1.29 is 14.3 Å². The summed E-state index contributed by atoms with van der Waals surface area (Å²) >= 11 is 5.33. The second kappa shape index (κ2) is 10.4. The van der Waals surface area contributed by atoms with Crippen molar-refractivity contribution in [3.8, 4) is 0 Å². The molecule has 1 fully saturated rings. The van der Waals surface area contributed by atoms with Crippen molar-refractivity contribution in [1.82, 2.24) is 5.32 Å². The average Bonchev–Trinajstić information content (AvgIpc) is 2.63. The highest BCUT2D eigenvalue weighted by atomic mass is 32.1. The van der Waals surface area contributed by atoms with E-state index >= 15 is 0 Å². The molecule has 138 valence electrons. The van der Waals surface area contributed by atoms with E-state index in [1.165, 1.54) is 39.2 Å².